The van der Waals surface area contributed by atoms with E-state index in [1.807, 2.05) is 30.3 Å². The van der Waals surface area contributed by atoms with E-state index in [0.29, 0.717) is 6.42 Å². The van der Waals surface area contributed by atoms with Crippen molar-refractivity contribution in [3.8, 4) is 0 Å². The Morgan fingerprint density at radius 2 is 1.89 bits per heavy atom. The zero-order valence-electron chi connectivity index (χ0n) is 10.4. The predicted molar refractivity (Wildman–Crippen MR) is 80.3 cm³/mol. The summed E-state index contributed by atoms with van der Waals surface area (Å²) in [5.41, 5.74) is 7.00. The van der Waals surface area contributed by atoms with Crippen LogP contribution in [0.5, 0.6) is 0 Å². The summed E-state index contributed by atoms with van der Waals surface area (Å²) in [5, 5.41) is 0.730. The van der Waals surface area contributed by atoms with Gasteiger partial charge in [-0.15, -0.1) is 11.8 Å². The molecule has 0 spiro atoms. The van der Waals surface area contributed by atoms with Crippen molar-refractivity contribution in [2.45, 2.75) is 17.4 Å². The summed E-state index contributed by atoms with van der Waals surface area (Å²) in [6.07, 6.45) is 0.679. The van der Waals surface area contributed by atoms with Gasteiger partial charge in [-0.25, -0.2) is 4.39 Å². The molecule has 4 heteroatoms. The summed E-state index contributed by atoms with van der Waals surface area (Å²) >= 11 is 7.51. The van der Waals surface area contributed by atoms with Crippen LogP contribution in [0.1, 0.15) is 5.56 Å². The van der Waals surface area contributed by atoms with Crippen LogP contribution in [-0.4, -0.2) is 11.8 Å². The molecule has 100 valence electrons. The lowest BCUT2D eigenvalue weighted by molar-refractivity contribution is 0.623. The third-order valence-corrected chi connectivity index (χ3v) is 4.12. The molecule has 0 fully saturated rings. The van der Waals surface area contributed by atoms with Crippen LogP contribution in [0.15, 0.2) is 53.4 Å². The lowest BCUT2D eigenvalue weighted by atomic mass is 10.1. The van der Waals surface area contributed by atoms with Crippen LogP contribution in [0.4, 0.5) is 4.39 Å². The molecule has 2 N–H and O–H groups in total. The van der Waals surface area contributed by atoms with Gasteiger partial charge in [0.15, 0.2) is 0 Å². The fourth-order valence-corrected chi connectivity index (χ4v) is 2.74. The number of hydrogen-bond donors (Lipinski definition) is 1. The Morgan fingerprint density at radius 1 is 1.16 bits per heavy atom. The fourth-order valence-electron chi connectivity index (χ4n) is 1.76. The van der Waals surface area contributed by atoms with Crippen LogP contribution in [0, 0.1) is 5.82 Å². The zero-order chi connectivity index (χ0) is 13.7. The van der Waals surface area contributed by atoms with Crippen molar-refractivity contribution in [1.82, 2.24) is 0 Å². The van der Waals surface area contributed by atoms with Crippen molar-refractivity contribution < 1.29 is 4.39 Å². The van der Waals surface area contributed by atoms with E-state index in [4.69, 9.17) is 17.3 Å². The van der Waals surface area contributed by atoms with Gasteiger partial charge in [0.2, 0.25) is 0 Å². The Bertz CT molecular complexity index is 530. The molecule has 1 atom stereocenters. The smallest absolute Gasteiger partial charge is 0.123 e. The van der Waals surface area contributed by atoms with Gasteiger partial charge in [-0.05, 0) is 48.4 Å². The summed E-state index contributed by atoms with van der Waals surface area (Å²) in [7, 11) is 0. The molecule has 0 aliphatic rings. The van der Waals surface area contributed by atoms with Crippen LogP contribution in [-0.2, 0) is 6.42 Å². The number of halogens is 2. The molecule has 0 radical (unpaired) electrons. The van der Waals surface area contributed by atoms with Crippen molar-refractivity contribution in [1.29, 1.82) is 0 Å². The number of benzene rings is 2. The molecule has 1 unspecified atom stereocenters. The van der Waals surface area contributed by atoms with Gasteiger partial charge in [-0.3, -0.25) is 0 Å². The normalized spacial score (nSPS) is 12.4. The SMILES string of the molecule is NC(CSc1ccc(Cl)cc1)Cc1cccc(F)c1. The molecule has 19 heavy (non-hydrogen) atoms. The Balaban J connectivity index is 1.84. The average molecular weight is 296 g/mol. The third kappa shape index (κ3) is 4.86. The van der Waals surface area contributed by atoms with Crippen LogP contribution in [0.3, 0.4) is 0 Å². The fraction of sp³-hybridized carbons (Fsp3) is 0.200. The highest BCUT2D eigenvalue weighted by atomic mass is 35.5. The van der Waals surface area contributed by atoms with Gasteiger partial charge >= 0.3 is 0 Å². The van der Waals surface area contributed by atoms with Crippen molar-refractivity contribution in [3.63, 3.8) is 0 Å². The first-order valence-corrected chi connectivity index (χ1v) is 7.38. The minimum absolute atomic E-state index is 0.00229. The molecule has 2 aromatic carbocycles. The summed E-state index contributed by atoms with van der Waals surface area (Å²) in [6, 6.07) is 14.3. The maximum Gasteiger partial charge on any atom is 0.123 e. The second-order valence-corrected chi connectivity index (χ2v) is 5.89. The van der Waals surface area contributed by atoms with E-state index in [9.17, 15) is 4.39 Å². The Labute approximate surface area is 122 Å². The first-order valence-electron chi connectivity index (χ1n) is 6.02. The molecule has 0 amide bonds. The van der Waals surface area contributed by atoms with Gasteiger partial charge in [0.25, 0.3) is 0 Å². The minimum atomic E-state index is -0.213. The maximum atomic E-state index is 13.0. The van der Waals surface area contributed by atoms with Crippen molar-refractivity contribution in [2.24, 2.45) is 5.73 Å². The topological polar surface area (TPSA) is 26.0 Å². The highest BCUT2D eigenvalue weighted by molar-refractivity contribution is 7.99. The highest BCUT2D eigenvalue weighted by Gasteiger charge is 2.06. The quantitative estimate of drug-likeness (QED) is 0.839. The number of hydrogen-bond acceptors (Lipinski definition) is 2. The van der Waals surface area contributed by atoms with E-state index in [1.165, 1.54) is 12.1 Å². The predicted octanol–water partition coefficient (Wildman–Crippen LogP) is 4.14. The molecule has 0 saturated carbocycles. The Morgan fingerprint density at radius 3 is 2.58 bits per heavy atom. The van der Waals surface area contributed by atoms with E-state index in [2.05, 4.69) is 0 Å². The van der Waals surface area contributed by atoms with Crippen molar-refractivity contribution in [3.05, 3.63) is 64.9 Å². The number of nitrogens with two attached hydrogens (primary N) is 1. The van der Waals surface area contributed by atoms with Crippen LogP contribution >= 0.6 is 23.4 Å². The molecular weight excluding hydrogens is 281 g/mol. The summed E-state index contributed by atoms with van der Waals surface area (Å²) in [5.74, 6) is 0.577. The van der Waals surface area contributed by atoms with Gasteiger partial charge in [0.05, 0.1) is 0 Å². The highest BCUT2D eigenvalue weighted by Crippen LogP contribution is 2.21. The van der Waals surface area contributed by atoms with Crippen molar-refractivity contribution in [2.75, 3.05) is 5.75 Å². The molecule has 0 aromatic heterocycles. The summed E-state index contributed by atoms with van der Waals surface area (Å²) < 4.78 is 13.0. The summed E-state index contributed by atoms with van der Waals surface area (Å²) in [6.45, 7) is 0. The first kappa shape index (κ1) is 14.4. The lowest BCUT2D eigenvalue weighted by Gasteiger charge is -2.11. The van der Waals surface area contributed by atoms with Gasteiger partial charge in [0, 0.05) is 21.7 Å². The second kappa shape index (κ2) is 6.94. The lowest BCUT2D eigenvalue weighted by Crippen LogP contribution is -2.25. The van der Waals surface area contributed by atoms with Gasteiger partial charge in [-0.1, -0.05) is 23.7 Å². The van der Waals surface area contributed by atoms with Crippen LogP contribution < -0.4 is 5.73 Å². The molecule has 2 rings (SSSR count). The molecule has 0 saturated heterocycles. The monoisotopic (exact) mass is 295 g/mol. The molecule has 0 bridgehead atoms. The van der Waals surface area contributed by atoms with Gasteiger partial charge in [0.1, 0.15) is 5.82 Å². The zero-order valence-corrected chi connectivity index (χ0v) is 11.9. The molecule has 0 aliphatic carbocycles. The van der Waals surface area contributed by atoms with E-state index < -0.39 is 0 Å². The van der Waals surface area contributed by atoms with E-state index in [-0.39, 0.29) is 11.9 Å². The van der Waals surface area contributed by atoms with Crippen molar-refractivity contribution >= 4 is 23.4 Å². The second-order valence-electron chi connectivity index (χ2n) is 4.36. The standard InChI is InChI=1S/C15H15ClFNS/c16-12-4-6-15(7-5-12)19-10-14(18)9-11-2-1-3-13(17)8-11/h1-8,14H,9-10,18H2. The van der Waals surface area contributed by atoms with Crippen LogP contribution in [0.2, 0.25) is 5.02 Å². The average Bonchev–Trinajstić information content (AvgIpc) is 2.38. The Hall–Kier alpha value is -1.03. The van der Waals surface area contributed by atoms with Gasteiger partial charge < -0.3 is 5.73 Å². The Kier molecular flexibility index (Phi) is 5.25. The molecule has 2 aromatic rings. The van der Waals surface area contributed by atoms with Crippen LogP contribution in [0.25, 0.3) is 0 Å². The molecular formula is C15H15ClFNS. The minimum Gasteiger partial charge on any atom is -0.327 e. The van der Waals surface area contributed by atoms with E-state index in [0.717, 1.165) is 21.2 Å². The molecule has 0 aliphatic heterocycles. The molecule has 1 nitrogen and oxygen atoms in total. The van der Waals surface area contributed by atoms with E-state index >= 15 is 0 Å². The number of rotatable bonds is 5. The third-order valence-electron chi connectivity index (χ3n) is 2.66. The largest absolute Gasteiger partial charge is 0.327 e. The van der Waals surface area contributed by atoms with Gasteiger partial charge in [-0.2, -0.15) is 0 Å². The first-order chi connectivity index (χ1) is 9.13. The number of thioether (sulfide) groups is 1. The van der Waals surface area contributed by atoms with E-state index in [1.54, 1.807) is 17.8 Å². The summed E-state index contributed by atoms with van der Waals surface area (Å²) in [4.78, 5) is 1.14. The maximum absolute atomic E-state index is 13.0. The molecule has 0 heterocycles.